The molecule has 0 spiro atoms. The summed E-state index contributed by atoms with van der Waals surface area (Å²) in [5.41, 5.74) is 4.06. The minimum atomic E-state index is -0.933. The number of aliphatic carboxylic acids is 1. The van der Waals surface area contributed by atoms with Gasteiger partial charge in [0.2, 0.25) is 0 Å². The first-order valence-corrected chi connectivity index (χ1v) is 7.26. The molecule has 0 heterocycles. The van der Waals surface area contributed by atoms with Gasteiger partial charge in [-0.05, 0) is 61.2 Å². The van der Waals surface area contributed by atoms with Crippen LogP contribution in [0.3, 0.4) is 0 Å². The van der Waals surface area contributed by atoms with Crippen LogP contribution in [0.15, 0.2) is 42.5 Å². The van der Waals surface area contributed by atoms with Crippen molar-refractivity contribution in [2.24, 2.45) is 0 Å². The lowest BCUT2D eigenvalue weighted by molar-refractivity contribution is -0.130. The van der Waals surface area contributed by atoms with Gasteiger partial charge in [-0.1, -0.05) is 30.3 Å². The van der Waals surface area contributed by atoms with E-state index < -0.39 is 5.97 Å². The summed E-state index contributed by atoms with van der Waals surface area (Å²) in [5, 5.41) is 9.49. The van der Waals surface area contributed by atoms with Crippen LogP contribution in [0.4, 0.5) is 0 Å². The summed E-state index contributed by atoms with van der Waals surface area (Å²) < 4.78 is 5.39. The lowest BCUT2D eigenvalue weighted by Gasteiger charge is -2.07. The quantitative estimate of drug-likeness (QED) is 0.660. The number of carboxylic acids is 1. The second-order valence-electron chi connectivity index (χ2n) is 5.16. The topological polar surface area (TPSA) is 46.5 Å². The molecule has 2 rings (SSSR count). The Bertz CT molecular complexity index is 697. The number of hydrogen-bond acceptors (Lipinski definition) is 2. The molecule has 114 valence electrons. The second kappa shape index (κ2) is 6.94. The van der Waals surface area contributed by atoms with Gasteiger partial charge in [0.1, 0.15) is 5.75 Å². The van der Waals surface area contributed by atoms with E-state index in [1.807, 2.05) is 63.2 Å². The Balaban J connectivity index is 2.38. The smallest absolute Gasteiger partial charge is 0.336 e. The van der Waals surface area contributed by atoms with Crippen LogP contribution in [0.1, 0.15) is 29.2 Å². The zero-order valence-corrected chi connectivity index (χ0v) is 13.1. The van der Waals surface area contributed by atoms with Crippen LogP contribution in [0, 0.1) is 13.8 Å². The molecule has 2 aromatic carbocycles. The minimum absolute atomic E-state index is 0.284. The lowest BCUT2D eigenvalue weighted by atomic mass is 9.99. The van der Waals surface area contributed by atoms with E-state index in [4.69, 9.17) is 4.74 Å². The molecule has 0 aliphatic heterocycles. The summed E-state index contributed by atoms with van der Waals surface area (Å²) in [6.07, 6.45) is 1.68. The van der Waals surface area contributed by atoms with Gasteiger partial charge >= 0.3 is 5.97 Å². The number of aryl methyl sites for hydroxylation is 2. The monoisotopic (exact) mass is 296 g/mol. The summed E-state index contributed by atoms with van der Waals surface area (Å²) >= 11 is 0. The molecule has 0 unspecified atom stereocenters. The molecule has 1 N–H and O–H groups in total. The van der Waals surface area contributed by atoms with Crippen LogP contribution in [-0.2, 0) is 4.79 Å². The summed E-state index contributed by atoms with van der Waals surface area (Å²) in [6.45, 7) is 6.53. The van der Waals surface area contributed by atoms with Gasteiger partial charge < -0.3 is 9.84 Å². The van der Waals surface area contributed by atoms with Crippen LogP contribution in [0.5, 0.6) is 5.75 Å². The van der Waals surface area contributed by atoms with Crippen molar-refractivity contribution in [2.45, 2.75) is 20.8 Å². The number of carboxylic acid groups (broad SMARTS) is 1. The third-order valence-electron chi connectivity index (χ3n) is 3.55. The minimum Gasteiger partial charge on any atom is -0.494 e. The van der Waals surface area contributed by atoms with E-state index in [1.165, 1.54) is 0 Å². The van der Waals surface area contributed by atoms with E-state index >= 15 is 0 Å². The van der Waals surface area contributed by atoms with Crippen molar-refractivity contribution in [3.63, 3.8) is 0 Å². The fraction of sp³-hybridized carbons (Fsp3) is 0.211. The van der Waals surface area contributed by atoms with Crippen LogP contribution in [-0.4, -0.2) is 17.7 Å². The average molecular weight is 296 g/mol. The largest absolute Gasteiger partial charge is 0.494 e. The summed E-state index contributed by atoms with van der Waals surface area (Å²) in [6, 6.07) is 13.1. The SMILES string of the molecule is CCOc1ccc(/C=C(\C(=O)O)c2ccc(C)c(C)c2)cc1. The fourth-order valence-corrected chi connectivity index (χ4v) is 2.17. The van der Waals surface area contributed by atoms with E-state index in [9.17, 15) is 9.90 Å². The van der Waals surface area contributed by atoms with Crippen LogP contribution < -0.4 is 4.74 Å². The highest BCUT2D eigenvalue weighted by atomic mass is 16.5. The van der Waals surface area contributed by atoms with Crippen LogP contribution in [0.2, 0.25) is 0 Å². The van der Waals surface area contributed by atoms with E-state index in [0.29, 0.717) is 12.2 Å². The molecule has 2 aromatic rings. The zero-order valence-electron chi connectivity index (χ0n) is 13.1. The molecular formula is C19H20O3. The number of carbonyl (C=O) groups is 1. The first-order valence-electron chi connectivity index (χ1n) is 7.26. The first kappa shape index (κ1) is 15.8. The number of benzene rings is 2. The second-order valence-corrected chi connectivity index (χ2v) is 5.16. The van der Waals surface area contributed by atoms with Gasteiger partial charge in [-0.3, -0.25) is 0 Å². The maximum Gasteiger partial charge on any atom is 0.336 e. The molecule has 0 bridgehead atoms. The maximum absolute atomic E-state index is 11.6. The molecule has 0 saturated carbocycles. The number of rotatable bonds is 5. The molecule has 0 aliphatic carbocycles. The van der Waals surface area contributed by atoms with Gasteiger partial charge in [-0.2, -0.15) is 0 Å². The van der Waals surface area contributed by atoms with Gasteiger partial charge in [0.15, 0.2) is 0 Å². The Kier molecular flexibility index (Phi) is 4.99. The highest BCUT2D eigenvalue weighted by Crippen LogP contribution is 2.22. The number of hydrogen-bond donors (Lipinski definition) is 1. The van der Waals surface area contributed by atoms with Crippen molar-refractivity contribution in [3.05, 3.63) is 64.7 Å². The molecule has 3 nitrogen and oxygen atoms in total. The molecule has 0 saturated heterocycles. The van der Waals surface area contributed by atoms with Crippen molar-refractivity contribution in [1.82, 2.24) is 0 Å². The summed E-state index contributed by atoms with van der Waals surface area (Å²) in [4.78, 5) is 11.6. The molecule has 0 radical (unpaired) electrons. The van der Waals surface area contributed by atoms with Gasteiger partial charge in [0, 0.05) is 0 Å². The molecular weight excluding hydrogens is 276 g/mol. The Hall–Kier alpha value is -2.55. The molecule has 0 aromatic heterocycles. The predicted octanol–water partition coefficient (Wildman–Crippen LogP) is 4.33. The van der Waals surface area contributed by atoms with E-state index in [1.54, 1.807) is 6.08 Å². The first-order chi connectivity index (χ1) is 10.5. The Morgan fingerprint density at radius 3 is 2.32 bits per heavy atom. The molecule has 0 aliphatic rings. The van der Waals surface area contributed by atoms with Crippen molar-refractivity contribution in [1.29, 1.82) is 0 Å². The van der Waals surface area contributed by atoms with E-state index in [2.05, 4.69) is 0 Å². The van der Waals surface area contributed by atoms with E-state index in [-0.39, 0.29) is 5.57 Å². The van der Waals surface area contributed by atoms with Crippen molar-refractivity contribution >= 4 is 17.6 Å². The Morgan fingerprint density at radius 1 is 1.09 bits per heavy atom. The highest BCUT2D eigenvalue weighted by molar-refractivity contribution is 6.20. The summed E-state index contributed by atoms with van der Waals surface area (Å²) in [5.74, 6) is -0.153. The fourth-order valence-electron chi connectivity index (χ4n) is 2.17. The Labute approximate surface area is 130 Å². The van der Waals surface area contributed by atoms with Crippen molar-refractivity contribution in [2.75, 3.05) is 6.61 Å². The van der Waals surface area contributed by atoms with Gasteiger partial charge in [-0.15, -0.1) is 0 Å². The molecule has 0 atom stereocenters. The molecule has 0 amide bonds. The Morgan fingerprint density at radius 2 is 1.77 bits per heavy atom. The third kappa shape index (κ3) is 3.76. The van der Waals surface area contributed by atoms with E-state index in [0.717, 1.165) is 22.4 Å². The highest BCUT2D eigenvalue weighted by Gasteiger charge is 2.11. The predicted molar refractivity (Wildman–Crippen MR) is 89.0 cm³/mol. The summed E-state index contributed by atoms with van der Waals surface area (Å²) in [7, 11) is 0. The van der Waals surface area contributed by atoms with Crippen molar-refractivity contribution < 1.29 is 14.6 Å². The van der Waals surface area contributed by atoms with Crippen molar-refractivity contribution in [3.8, 4) is 5.75 Å². The molecule has 3 heteroatoms. The van der Waals surface area contributed by atoms with Crippen LogP contribution in [0.25, 0.3) is 11.6 Å². The van der Waals surface area contributed by atoms with Gasteiger partial charge in [0.05, 0.1) is 12.2 Å². The molecule has 22 heavy (non-hydrogen) atoms. The van der Waals surface area contributed by atoms with Gasteiger partial charge in [0.25, 0.3) is 0 Å². The van der Waals surface area contributed by atoms with Crippen LogP contribution >= 0.6 is 0 Å². The third-order valence-corrected chi connectivity index (χ3v) is 3.55. The average Bonchev–Trinajstić information content (AvgIpc) is 2.49. The maximum atomic E-state index is 11.6. The number of ether oxygens (including phenoxy) is 1. The normalized spacial score (nSPS) is 11.3. The standard InChI is InChI=1S/C19H20O3/c1-4-22-17-9-6-15(7-10-17)12-18(19(20)21)16-8-5-13(2)14(3)11-16/h5-12H,4H2,1-3H3,(H,20,21)/b18-12-. The van der Waals surface area contributed by atoms with Gasteiger partial charge in [-0.25, -0.2) is 4.79 Å². The zero-order chi connectivity index (χ0) is 16.1. The molecule has 0 fully saturated rings. The lowest BCUT2D eigenvalue weighted by Crippen LogP contribution is -2.00.